The molecule has 0 saturated heterocycles. The van der Waals surface area contributed by atoms with Gasteiger partial charge in [-0.15, -0.1) is 0 Å². The fourth-order valence-corrected chi connectivity index (χ4v) is 2.11. The van der Waals surface area contributed by atoms with Gasteiger partial charge in [0.15, 0.2) is 5.78 Å². The van der Waals surface area contributed by atoms with Crippen LogP contribution in [0.15, 0.2) is 48.5 Å². The fourth-order valence-electron chi connectivity index (χ4n) is 1.64. The van der Waals surface area contributed by atoms with E-state index >= 15 is 0 Å². The van der Waals surface area contributed by atoms with Gasteiger partial charge in [0.1, 0.15) is 0 Å². The zero-order chi connectivity index (χ0) is 14.5. The van der Waals surface area contributed by atoms with Gasteiger partial charge in [-0.1, -0.05) is 41.4 Å². The van der Waals surface area contributed by atoms with E-state index < -0.39 is 0 Å². The van der Waals surface area contributed by atoms with E-state index in [-0.39, 0.29) is 5.78 Å². The van der Waals surface area contributed by atoms with Crippen molar-refractivity contribution >= 4 is 35.1 Å². The second-order valence-electron chi connectivity index (χ2n) is 4.06. The number of allylic oxidation sites excluding steroid dienone is 1. The number of nitriles is 1. The molecule has 0 saturated carbocycles. The predicted octanol–water partition coefficient (Wildman–Crippen LogP) is 4.76. The Labute approximate surface area is 126 Å². The van der Waals surface area contributed by atoms with Gasteiger partial charge in [-0.3, -0.25) is 4.79 Å². The molecule has 2 rings (SSSR count). The molecule has 0 fully saturated rings. The lowest BCUT2D eigenvalue weighted by Crippen LogP contribution is -1.94. The standard InChI is InChI=1S/C16H9Cl2NO/c17-14-6-4-12(15(18)9-14)5-7-16(20)13-3-1-2-11(8-13)10-19/h1-9H/b7-5+. The summed E-state index contributed by atoms with van der Waals surface area (Å²) in [6, 6.07) is 13.6. The van der Waals surface area contributed by atoms with E-state index in [1.54, 1.807) is 48.5 Å². The van der Waals surface area contributed by atoms with Gasteiger partial charge in [-0.25, -0.2) is 0 Å². The minimum atomic E-state index is -0.187. The van der Waals surface area contributed by atoms with Crippen molar-refractivity contribution in [1.82, 2.24) is 0 Å². The van der Waals surface area contributed by atoms with E-state index in [1.165, 1.54) is 6.08 Å². The topological polar surface area (TPSA) is 40.9 Å². The zero-order valence-corrected chi connectivity index (χ0v) is 11.8. The fraction of sp³-hybridized carbons (Fsp3) is 0. The largest absolute Gasteiger partial charge is 0.289 e. The molecule has 0 spiro atoms. The van der Waals surface area contributed by atoms with Crippen LogP contribution in [0.5, 0.6) is 0 Å². The van der Waals surface area contributed by atoms with Crippen molar-refractivity contribution in [2.24, 2.45) is 0 Å². The molecule has 0 radical (unpaired) electrons. The van der Waals surface area contributed by atoms with Gasteiger partial charge in [-0.2, -0.15) is 5.26 Å². The summed E-state index contributed by atoms with van der Waals surface area (Å²) in [6.45, 7) is 0. The maximum Gasteiger partial charge on any atom is 0.185 e. The Morgan fingerprint density at radius 2 is 1.95 bits per heavy atom. The van der Waals surface area contributed by atoms with Gasteiger partial charge < -0.3 is 0 Å². The number of rotatable bonds is 3. The Morgan fingerprint density at radius 3 is 2.65 bits per heavy atom. The summed E-state index contributed by atoms with van der Waals surface area (Å²) < 4.78 is 0. The maximum atomic E-state index is 12.0. The number of hydrogen-bond donors (Lipinski definition) is 0. The highest BCUT2D eigenvalue weighted by molar-refractivity contribution is 6.35. The monoisotopic (exact) mass is 301 g/mol. The minimum Gasteiger partial charge on any atom is -0.289 e. The molecule has 0 heterocycles. The summed E-state index contributed by atoms with van der Waals surface area (Å²) in [5.41, 5.74) is 1.63. The Balaban J connectivity index is 2.22. The van der Waals surface area contributed by atoms with Crippen molar-refractivity contribution < 1.29 is 4.79 Å². The van der Waals surface area contributed by atoms with Gasteiger partial charge in [0.05, 0.1) is 11.6 Å². The van der Waals surface area contributed by atoms with Crippen LogP contribution in [0, 0.1) is 11.3 Å². The third-order valence-corrected chi connectivity index (χ3v) is 3.22. The average Bonchev–Trinajstić information content (AvgIpc) is 2.46. The third-order valence-electron chi connectivity index (χ3n) is 2.65. The number of nitrogens with zero attached hydrogens (tertiary/aromatic N) is 1. The predicted molar refractivity (Wildman–Crippen MR) is 81.0 cm³/mol. The second-order valence-corrected chi connectivity index (χ2v) is 4.90. The van der Waals surface area contributed by atoms with Gasteiger partial charge in [0, 0.05) is 15.6 Å². The number of ketones is 1. The van der Waals surface area contributed by atoms with Crippen molar-refractivity contribution in [2.75, 3.05) is 0 Å². The summed E-state index contributed by atoms with van der Waals surface area (Å²) in [6.07, 6.45) is 3.05. The summed E-state index contributed by atoms with van der Waals surface area (Å²) in [7, 11) is 0. The van der Waals surface area contributed by atoms with E-state index in [2.05, 4.69) is 0 Å². The second kappa shape index (κ2) is 6.38. The summed E-state index contributed by atoms with van der Waals surface area (Å²) in [5, 5.41) is 9.83. The lowest BCUT2D eigenvalue weighted by Gasteiger charge is -1.99. The molecule has 0 aliphatic heterocycles. The molecule has 0 aliphatic carbocycles. The van der Waals surface area contributed by atoms with E-state index in [1.807, 2.05) is 6.07 Å². The number of halogens is 2. The highest BCUT2D eigenvalue weighted by atomic mass is 35.5. The third kappa shape index (κ3) is 3.48. The van der Waals surface area contributed by atoms with E-state index in [4.69, 9.17) is 28.5 Å². The number of hydrogen-bond acceptors (Lipinski definition) is 2. The first-order chi connectivity index (χ1) is 9.60. The Kier molecular flexibility index (Phi) is 4.57. The normalized spacial score (nSPS) is 10.4. The van der Waals surface area contributed by atoms with E-state index in [0.717, 1.165) is 0 Å². The molecule has 2 nitrogen and oxygen atoms in total. The van der Waals surface area contributed by atoms with E-state index in [0.29, 0.717) is 26.7 Å². The van der Waals surface area contributed by atoms with E-state index in [9.17, 15) is 4.79 Å². The molecule has 0 amide bonds. The lowest BCUT2D eigenvalue weighted by molar-refractivity contribution is 0.104. The number of carbonyl (C=O) groups excluding carboxylic acids is 1. The highest BCUT2D eigenvalue weighted by Gasteiger charge is 2.03. The summed E-state index contributed by atoms with van der Waals surface area (Å²) in [5.74, 6) is -0.187. The molecule has 0 aliphatic rings. The van der Waals surface area contributed by atoms with Gasteiger partial charge >= 0.3 is 0 Å². The van der Waals surface area contributed by atoms with Crippen LogP contribution >= 0.6 is 23.2 Å². The molecule has 20 heavy (non-hydrogen) atoms. The average molecular weight is 302 g/mol. The SMILES string of the molecule is N#Cc1cccc(C(=O)/C=C/c2ccc(Cl)cc2Cl)c1. The van der Waals surface area contributed by atoms with Gasteiger partial charge in [0.25, 0.3) is 0 Å². The van der Waals surface area contributed by atoms with Gasteiger partial charge in [0.2, 0.25) is 0 Å². The van der Waals surface area contributed by atoms with Crippen molar-refractivity contribution in [3.8, 4) is 6.07 Å². The Bertz CT molecular complexity index is 729. The van der Waals surface area contributed by atoms with Crippen LogP contribution in [0.3, 0.4) is 0 Å². The summed E-state index contributed by atoms with van der Waals surface area (Å²) in [4.78, 5) is 12.0. The summed E-state index contributed by atoms with van der Waals surface area (Å²) >= 11 is 11.8. The van der Waals surface area contributed by atoms with Crippen LogP contribution in [-0.4, -0.2) is 5.78 Å². The van der Waals surface area contributed by atoms with Crippen molar-refractivity contribution in [2.45, 2.75) is 0 Å². The molecular weight excluding hydrogens is 293 g/mol. The lowest BCUT2D eigenvalue weighted by atomic mass is 10.1. The van der Waals surface area contributed by atoms with Crippen molar-refractivity contribution in [3.63, 3.8) is 0 Å². The van der Waals surface area contributed by atoms with Crippen LogP contribution in [0.1, 0.15) is 21.5 Å². The van der Waals surface area contributed by atoms with Crippen LogP contribution < -0.4 is 0 Å². The highest BCUT2D eigenvalue weighted by Crippen LogP contribution is 2.22. The molecule has 0 aromatic heterocycles. The zero-order valence-electron chi connectivity index (χ0n) is 10.3. The first-order valence-electron chi connectivity index (χ1n) is 5.78. The van der Waals surface area contributed by atoms with Crippen LogP contribution in [0.4, 0.5) is 0 Å². The Hall–Kier alpha value is -2.08. The van der Waals surface area contributed by atoms with Crippen molar-refractivity contribution in [3.05, 3.63) is 75.3 Å². The van der Waals surface area contributed by atoms with Crippen LogP contribution in [0.25, 0.3) is 6.08 Å². The molecule has 2 aromatic carbocycles. The molecule has 4 heteroatoms. The number of benzene rings is 2. The first-order valence-corrected chi connectivity index (χ1v) is 6.53. The smallest absolute Gasteiger partial charge is 0.185 e. The number of carbonyl (C=O) groups is 1. The quantitative estimate of drug-likeness (QED) is 0.606. The molecule has 0 N–H and O–H groups in total. The molecule has 0 bridgehead atoms. The molecule has 0 unspecified atom stereocenters. The first kappa shape index (κ1) is 14.3. The molecule has 98 valence electrons. The maximum absolute atomic E-state index is 12.0. The van der Waals surface area contributed by atoms with Crippen LogP contribution in [0.2, 0.25) is 10.0 Å². The Morgan fingerprint density at radius 1 is 1.15 bits per heavy atom. The van der Waals surface area contributed by atoms with Gasteiger partial charge in [-0.05, 0) is 42.0 Å². The van der Waals surface area contributed by atoms with Crippen LogP contribution in [-0.2, 0) is 0 Å². The molecule has 0 atom stereocenters. The minimum absolute atomic E-state index is 0.187. The molecule has 2 aromatic rings. The van der Waals surface area contributed by atoms with Crippen molar-refractivity contribution in [1.29, 1.82) is 5.26 Å². The molecular formula is C16H9Cl2NO.